The fourth-order valence-electron chi connectivity index (χ4n) is 1.77. The number of amides is 1. The SMILES string of the molecule is Cc1ccc(C(=O)N[C@H](CC(C)C)C(=O)O)n1C. The van der Waals surface area contributed by atoms with Crippen LogP contribution in [0.1, 0.15) is 36.5 Å². The van der Waals surface area contributed by atoms with Crippen LogP contribution in [0.3, 0.4) is 0 Å². The van der Waals surface area contributed by atoms with Crippen LogP contribution in [-0.2, 0) is 11.8 Å². The van der Waals surface area contributed by atoms with Gasteiger partial charge in [0.2, 0.25) is 0 Å². The lowest BCUT2D eigenvalue weighted by molar-refractivity contribution is -0.139. The first kappa shape index (κ1) is 14.3. The molecule has 0 saturated heterocycles. The van der Waals surface area contributed by atoms with Crippen molar-refractivity contribution in [1.82, 2.24) is 9.88 Å². The van der Waals surface area contributed by atoms with Gasteiger partial charge in [-0.05, 0) is 31.4 Å². The van der Waals surface area contributed by atoms with Gasteiger partial charge in [0.05, 0.1) is 0 Å². The van der Waals surface area contributed by atoms with Gasteiger partial charge in [-0.3, -0.25) is 4.79 Å². The molecule has 1 heterocycles. The molecule has 100 valence electrons. The molecule has 0 saturated carbocycles. The second kappa shape index (κ2) is 5.71. The number of aryl methyl sites for hydroxylation is 1. The fraction of sp³-hybridized carbons (Fsp3) is 0.538. The van der Waals surface area contributed by atoms with Crippen LogP contribution in [0.4, 0.5) is 0 Å². The molecule has 0 aliphatic heterocycles. The fourth-order valence-corrected chi connectivity index (χ4v) is 1.77. The molecule has 5 heteroatoms. The number of nitrogens with one attached hydrogen (secondary N) is 1. The van der Waals surface area contributed by atoms with Gasteiger partial charge in [0.25, 0.3) is 5.91 Å². The molecule has 0 unspecified atom stereocenters. The number of carboxylic acid groups (broad SMARTS) is 1. The van der Waals surface area contributed by atoms with Crippen LogP contribution in [0.25, 0.3) is 0 Å². The summed E-state index contributed by atoms with van der Waals surface area (Å²) in [6, 6.07) is 2.68. The first-order valence-electron chi connectivity index (χ1n) is 5.99. The van der Waals surface area contributed by atoms with E-state index in [-0.39, 0.29) is 11.8 Å². The summed E-state index contributed by atoms with van der Waals surface area (Å²) in [4.78, 5) is 23.1. The van der Waals surface area contributed by atoms with E-state index < -0.39 is 12.0 Å². The Morgan fingerprint density at radius 2 is 2.00 bits per heavy atom. The molecule has 1 rings (SSSR count). The predicted octanol–water partition coefficient (Wildman–Crippen LogP) is 1.56. The van der Waals surface area contributed by atoms with Crippen molar-refractivity contribution in [3.63, 3.8) is 0 Å². The predicted molar refractivity (Wildman–Crippen MR) is 68.5 cm³/mol. The Labute approximate surface area is 107 Å². The third kappa shape index (κ3) is 3.35. The molecule has 1 aromatic rings. The summed E-state index contributed by atoms with van der Waals surface area (Å²) in [6.45, 7) is 5.74. The van der Waals surface area contributed by atoms with Crippen LogP contribution in [0.15, 0.2) is 12.1 Å². The van der Waals surface area contributed by atoms with Crippen molar-refractivity contribution >= 4 is 11.9 Å². The molecule has 0 aromatic carbocycles. The monoisotopic (exact) mass is 252 g/mol. The van der Waals surface area contributed by atoms with E-state index in [4.69, 9.17) is 5.11 Å². The highest BCUT2D eigenvalue weighted by Crippen LogP contribution is 2.09. The molecule has 1 atom stereocenters. The zero-order chi connectivity index (χ0) is 13.9. The number of hydrogen-bond donors (Lipinski definition) is 2. The van der Waals surface area contributed by atoms with Gasteiger partial charge in [0.1, 0.15) is 11.7 Å². The Morgan fingerprint density at radius 3 is 2.39 bits per heavy atom. The number of carbonyl (C=O) groups is 2. The summed E-state index contributed by atoms with van der Waals surface area (Å²) in [5.74, 6) is -1.14. The number of nitrogens with zero attached hydrogens (tertiary/aromatic N) is 1. The Kier molecular flexibility index (Phi) is 4.53. The van der Waals surface area contributed by atoms with Gasteiger partial charge in [-0.2, -0.15) is 0 Å². The average Bonchev–Trinajstić information content (AvgIpc) is 2.58. The van der Waals surface area contributed by atoms with E-state index in [1.165, 1.54) is 0 Å². The molecule has 5 nitrogen and oxygen atoms in total. The molecule has 0 spiro atoms. The van der Waals surface area contributed by atoms with Crippen molar-refractivity contribution in [2.45, 2.75) is 33.2 Å². The molecule has 0 bridgehead atoms. The number of aromatic nitrogens is 1. The maximum Gasteiger partial charge on any atom is 0.326 e. The van der Waals surface area contributed by atoms with Crippen LogP contribution >= 0.6 is 0 Å². The molecular weight excluding hydrogens is 232 g/mol. The van der Waals surface area contributed by atoms with E-state index in [1.807, 2.05) is 26.8 Å². The van der Waals surface area contributed by atoms with Gasteiger partial charge >= 0.3 is 5.97 Å². The van der Waals surface area contributed by atoms with Crippen LogP contribution in [0, 0.1) is 12.8 Å². The Balaban J connectivity index is 2.79. The highest BCUT2D eigenvalue weighted by Gasteiger charge is 2.22. The number of hydrogen-bond acceptors (Lipinski definition) is 2. The van der Waals surface area contributed by atoms with Crippen LogP contribution < -0.4 is 5.32 Å². The van der Waals surface area contributed by atoms with Gasteiger partial charge in [-0.25, -0.2) is 4.79 Å². The maximum atomic E-state index is 12.0. The molecule has 18 heavy (non-hydrogen) atoms. The lowest BCUT2D eigenvalue weighted by atomic mass is 10.0. The lowest BCUT2D eigenvalue weighted by Crippen LogP contribution is -2.42. The number of rotatable bonds is 5. The zero-order valence-electron chi connectivity index (χ0n) is 11.2. The standard InChI is InChI=1S/C13H20N2O3/c1-8(2)7-10(13(17)18)14-12(16)11-6-5-9(3)15(11)4/h5-6,8,10H,7H2,1-4H3,(H,14,16)(H,17,18)/t10-/m1/s1. The largest absolute Gasteiger partial charge is 0.480 e. The molecule has 0 aliphatic carbocycles. The van der Waals surface area contributed by atoms with E-state index in [0.29, 0.717) is 12.1 Å². The number of aliphatic carboxylic acids is 1. The molecular formula is C13H20N2O3. The average molecular weight is 252 g/mol. The third-order valence-electron chi connectivity index (χ3n) is 2.92. The first-order chi connectivity index (χ1) is 8.32. The summed E-state index contributed by atoms with van der Waals surface area (Å²) in [5.41, 5.74) is 1.43. The summed E-state index contributed by atoms with van der Waals surface area (Å²) in [5, 5.41) is 11.6. The van der Waals surface area contributed by atoms with Gasteiger partial charge in [-0.15, -0.1) is 0 Å². The quantitative estimate of drug-likeness (QED) is 0.835. The van der Waals surface area contributed by atoms with Gasteiger partial charge in [0.15, 0.2) is 0 Å². The Hall–Kier alpha value is -1.78. The molecule has 1 aromatic heterocycles. The minimum absolute atomic E-state index is 0.210. The van der Waals surface area contributed by atoms with Gasteiger partial charge in [-0.1, -0.05) is 13.8 Å². The van der Waals surface area contributed by atoms with Gasteiger partial charge in [0, 0.05) is 12.7 Å². The van der Waals surface area contributed by atoms with E-state index in [0.717, 1.165) is 5.69 Å². The first-order valence-corrected chi connectivity index (χ1v) is 5.99. The van der Waals surface area contributed by atoms with Crippen molar-refractivity contribution in [1.29, 1.82) is 0 Å². The van der Waals surface area contributed by atoms with E-state index in [1.54, 1.807) is 17.7 Å². The van der Waals surface area contributed by atoms with Crippen LogP contribution in [0.2, 0.25) is 0 Å². The zero-order valence-corrected chi connectivity index (χ0v) is 11.2. The van der Waals surface area contributed by atoms with Gasteiger partial charge < -0.3 is 15.0 Å². The Bertz CT molecular complexity index is 449. The molecule has 1 amide bonds. The van der Waals surface area contributed by atoms with Crippen LogP contribution in [-0.4, -0.2) is 27.6 Å². The van der Waals surface area contributed by atoms with Crippen molar-refractivity contribution < 1.29 is 14.7 Å². The van der Waals surface area contributed by atoms with E-state index in [2.05, 4.69) is 5.32 Å². The summed E-state index contributed by atoms with van der Waals surface area (Å²) in [6.07, 6.45) is 0.421. The molecule has 0 aliphatic rings. The smallest absolute Gasteiger partial charge is 0.326 e. The minimum atomic E-state index is -0.997. The second-order valence-electron chi connectivity index (χ2n) is 4.91. The number of carboxylic acids is 1. The minimum Gasteiger partial charge on any atom is -0.480 e. The molecule has 2 N–H and O–H groups in total. The highest BCUT2D eigenvalue weighted by atomic mass is 16.4. The number of carbonyl (C=O) groups excluding carboxylic acids is 1. The summed E-state index contributed by atoms with van der Waals surface area (Å²) in [7, 11) is 1.78. The third-order valence-corrected chi connectivity index (χ3v) is 2.92. The van der Waals surface area contributed by atoms with Crippen molar-refractivity contribution in [3.05, 3.63) is 23.5 Å². The normalized spacial score (nSPS) is 12.5. The Morgan fingerprint density at radius 1 is 1.39 bits per heavy atom. The van der Waals surface area contributed by atoms with Crippen LogP contribution in [0.5, 0.6) is 0 Å². The second-order valence-corrected chi connectivity index (χ2v) is 4.91. The summed E-state index contributed by atoms with van der Waals surface area (Å²) < 4.78 is 1.74. The highest BCUT2D eigenvalue weighted by molar-refractivity contribution is 5.95. The maximum absolute atomic E-state index is 12.0. The van der Waals surface area contributed by atoms with Crippen molar-refractivity contribution in [2.75, 3.05) is 0 Å². The van der Waals surface area contributed by atoms with E-state index >= 15 is 0 Å². The van der Waals surface area contributed by atoms with Crippen molar-refractivity contribution in [3.8, 4) is 0 Å². The molecule has 0 radical (unpaired) electrons. The molecule has 0 fully saturated rings. The summed E-state index contributed by atoms with van der Waals surface area (Å²) >= 11 is 0. The van der Waals surface area contributed by atoms with E-state index in [9.17, 15) is 9.59 Å². The lowest BCUT2D eigenvalue weighted by Gasteiger charge is -2.16. The topological polar surface area (TPSA) is 71.3 Å². The van der Waals surface area contributed by atoms with Crippen molar-refractivity contribution in [2.24, 2.45) is 13.0 Å².